The molecular weight excluding hydrogens is 323 g/mol. The molecule has 0 aliphatic carbocycles. The van der Waals surface area contributed by atoms with Crippen LogP contribution in [0.1, 0.15) is 10.4 Å². The molecule has 0 fully saturated rings. The first kappa shape index (κ1) is 15.0. The van der Waals surface area contributed by atoms with Crippen LogP contribution in [-0.2, 0) is 0 Å². The lowest BCUT2D eigenvalue weighted by molar-refractivity contribution is 0.0698. The van der Waals surface area contributed by atoms with Gasteiger partial charge in [-0.05, 0) is 30.3 Å². The van der Waals surface area contributed by atoms with Crippen molar-refractivity contribution in [3.63, 3.8) is 0 Å². The van der Waals surface area contributed by atoms with Gasteiger partial charge in [-0.25, -0.2) is 19.2 Å². The number of nitrogens with zero attached hydrogens (tertiary/aromatic N) is 2. The molecule has 0 radical (unpaired) electrons. The fraction of sp³-hybridized carbons (Fsp3) is 0. The van der Waals surface area contributed by atoms with E-state index >= 15 is 0 Å². The quantitative estimate of drug-likeness (QED) is 0.683. The number of carboxylic acids is 1. The topological polar surface area (TPSA) is 105 Å². The van der Waals surface area contributed by atoms with Crippen LogP contribution < -0.4 is 5.73 Å². The van der Waals surface area contributed by atoms with Crippen molar-refractivity contribution < 1.29 is 14.3 Å². The van der Waals surface area contributed by atoms with E-state index in [0.29, 0.717) is 11.4 Å². The Labute approximate surface area is 134 Å². The Morgan fingerprint density at radius 3 is 2.74 bits per heavy atom. The highest BCUT2D eigenvalue weighted by Gasteiger charge is 2.20. The summed E-state index contributed by atoms with van der Waals surface area (Å²) in [6.07, 6.45) is 1.45. The molecule has 0 atom stereocenters. The molecule has 0 amide bonds. The molecular formula is C15H10ClFN4O2. The van der Waals surface area contributed by atoms with Gasteiger partial charge in [0, 0.05) is 16.8 Å². The standard InChI is InChI=1S/C15H10ClFN4O2/c16-7-1-2-8(10(17)5-7)13-9(14(22)23)6-12(20-13)11-3-4-19-15(18)21-11/h1-6,20H,(H,22,23)(H2,18,19,21). The molecule has 8 heteroatoms. The fourth-order valence-corrected chi connectivity index (χ4v) is 2.35. The minimum absolute atomic E-state index is 0.0493. The minimum Gasteiger partial charge on any atom is -0.478 e. The molecule has 0 aliphatic rings. The molecule has 3 aromatic rings. The predicted octanol–water partition coefficient (Wildman–Crippen LogP) is 3.21. The third-order valence-electron chi connectivity index (χ3n) is 3.20. The van der Waals surface area contributed by atoms with Crippen molar-refractivity contribution in [3.8, 4) is 22.6 Å². The van der Waals surface area contributed by atoms with Crippen molar-refractivity contribution >= 4 is 23.5 Å². The molecule has 0 aliphatic heterocycles. The summed E-state index contributed by atoms with van der Waals surface area (Å²) in [6, 6.07) is 6.94. The minimum atomic E-state index is -1.20. The molecule has 23 heavy (non-hydrogen) atoms. The number of nitrogens with two attached hydrogens (primary N) is 1. The van der Waals surface area contributed by atoms with Crippen LogP contribution in [0.2, 0.25) is 5.02 Å². The number of carboxylic acid groups (broad SMARTS) is 1. The van der Waals surface area contributed by atoms with E-state index in [4.69, 9.17) is 17.3 Å². The van der Waals surface area contributed by atoms with Gasteiger partial charge in [-0.2, -0.15) is 0 Å². The number of aromatic amines is 1. The van der Waals surface area contributed by atoms with Crippen LogP contribution in [0.4, 0.5) is 10.3 Å². The summed E-state index contributed by atoms with van der Waals surface area (Å²) >= 11 is 5.73. The van der Waals surface area contributed by atoms with Gasteiger partial charge < -0.3 is 15.8 Å². The lowest BCUT2D eigenvalue weighted by atomic mass is 10.1. The molecule has 0 unspecified atom stereocenters. The van der Waals surface area contributed by atoms with E-state index in [0.717, 1.165) is 6.07 Å². The largest absolute Gasteiger partial charge is 0.478 e. The average Bonchev–Trinajstić information content (AvgIpc) is 2.92. The maximum absolute atomic E-state index is 14.1. The number of nitrogens with one attached hydrogen (secondary N) is 1. The Morgan fingerprint density at radius 2 is 2.09 bits per heavy atom. The SMILES string of the molecule is Nc1nccc(-c2cc(C(=O)O)c(-c3ccc(Cl)cc3F)[nH]2)n1. The molecule has 4 N–H and O–H groups in total. The van der Waals surface area contributed by atoms with Crippen LogP contribution in [0.25, 0.3) is 22.6 Å². The van der Waals surface area contributed by atoms with E-state index in [2.05, 4.69) is 15.0 Å². The van der Waals surface area contributed by atoms with Crippen molar-refractivity contribution in [1.82, 2.24) is 15.0 Å². The van der Waals surface area contributed by atoms with Crippen LogP contribution in [0.5, 0.6) is 0 Å². The Morgan fingerprint density at radius 1 is 1.30 bits per heavy atom. The zero-order valence-corrected chi connectivity index (χ0v) is 12.3. The van der Waals surface area contributed by atoms with Gasteiger partial charge >= 0.3 is 5.97 Å². The predicted molar refractivity (Wildman–Crippen MR) is 83.6 cm³/mol. The van der Waals surface area contributed by atoms with Gasteiger partial charge in [0.05, 0.1) is 22.6 Å². The Balaban J connectivity index is 2.19. The van der Waals surface area contributed by atoms with Gasteiger partial charge in [0.15, 0.2) is 0 Å². The first-order chi connectivity index (χ1) is 11.0. The number of nitrogen functional groups attached to an aromatic ring is 1. The van der Waals surface area contributed by atoms with Gasteiger partial charge in [-0.3, -0.25) is 0 Å². The number of hydrogen-bond donors (Lipinski definition) is 3. The van der Waals surface area contributed by atoms with Crippen LogP contribution in [0.3, 0.4) is 0 Å². The summed E-state index contributed by atoms with van der Waals surface area (Å²) in [5, 5.41) is 9.58. The summed E-state index contributed by atoms with van der Waals surface area (Å²) < 4.78 is 14.1. The number of carbonyl (C=O) groups is 1. The third kappa shape index (κ3) is 2.86. The number of anilines is 1. The van der Waals surface area contributed by atoms with Crippen molar-refractivity contribution in [1.29, 1.82) is 0 Å². The van der Waals surface area contributed by atoms with Gasteiger partial charge in [0.1, 0.15) is 5.82 Å². The summed E-state index contributed by atoms with van der Waals surface area (Å²) in [4.78, 5) is 22.1. The van der Waals surface area contributed by atoms with Gasteiger partial charge in [-0.1, -0.05) is 11.6 Å². The van der Waals surface area contributed by atoms with E-state index < -0.39 is 11.8 Å². The number of halogens is 2. The third-order valence-corrected chi connectivity index (χ3v) is 3.43. The second-order valence-corrected chi connectivity index (χ2v) is 5.14. The van der Waals surface area contributed by atoms with Crippen molar-refractivity contribution in [3.05, 3.63) is 52.9 Å². The number of benzene rings is 1. The fourth-order valence-electron chi connectivity index (χ4n) is 2.19. The second kappa shape index (κ2) is 5.69. The normalized spacial score (nSPS) is 10.7. The van der Waals surface area contributed by atoms with Gasteiger partial charge in [0.25, 0.3) is 0 Å². The molecule has 0 saturated carbocycles. The zero-order valence-electron chi connectivity index (χ0n) is 11.5. The lowest BCUT2D eigenvalue weighted by Crippen LogP contribution is -1.97. The Hall–Kier alpha value is -2.93. The highest BCUT2D eigenvalue weighted by molar-refractivity contribution is 6.30. The number of H-pyrrole nitrogens is 1. The Kier molecular flexibility index (Phi) is 3.71. The molecule has 0 saturated heterocycles. The van der Waals surface area contributed by atoms with Crippen molar-refractivity contribution in [2.75, 3.05) is 5.73 Å². The van der Waals surface area contributed by atoms with Crippen LogP contribution in [0.15, 0.2) is 36.5 Å². The molecule has 116 valence electrons. The van der Waals surface area contributed by atoms with E-state index in [1.54, 1.807) is 6.07 Å². The smallest absolute Gasteiger partial charge is 0.337 e. The van der Waals surface area contributed by atoms with E-state index in [-0.39, 0.29) is 27.8 Å². The summed E-state index contributed by atoms with van der Waals surface area (Å²) in [7, 11) is 0. The van der Waals surface area contributed by atoms with Crippen LogP contribution in [-0.4, -0.2) is 26.0 Å². The highest BCUT2D eigenvalue weighted by Crippen LogP contribution is 2.31. The van der Waals surface area contributed by atoms with Crippen LogP contribution in [0, 0.1) is 5.82 Å². The number of hydrogen-bond acceptors (Lipinski definition) is 4. The zero-order chi connectivity index (χ0) is 16.6. The summed E-state index contributed by atoms with van der Waals surface area (Å²) in [5.74, 6) is -1.78. The molecule has 2 heterocycles. The average molecular weight is 333 g/mol. The molecule has 1 aromatic carbocycles. The maximum Gasteiger partial charge on any atom is 0.337 e. The first-order valence-electron chi connectivity index (χ1n) is 6.46. The number of aromatic nitrogens is 3. The highest BCUT2D eigenvalue weighted by atomic mass is 35.5. The van der Waals surface area contributed by atoms with E-state index in [9.17, 15) is 14.3 Å². The molecule has 0 spiro atoms. The van der Waals surface area contributed by atoms with Crippen LogP contribution >= 0.6 is 11.6 Å². The lowest BCUT2D eigenvalue weighted by Gasteiger charge is -2.03. The molecule has 2 aromatic heterocycles. The number of aromatic carboxylic acids is 1. The summed E-state index contributed by atoms with van der Waals surface area (Å²) in [6.45, 7) is 0. The monoisotopic (exact) mass is 332 g/mol. The molecule has 0 bridgehead atoms. The Bertz CT molecular complexity index is 910. The van der Waals surface area contributed by atoms with Gasteiger partial charge in [-0.15, -0.1) is 0 Å². The second-order valence-electron chi connectivity index (χ2n) is 4.70. The molecule has 6 nitrogen and oxygen atoms in total. The molecule has 3 rings (SSSR count). The number of rotatable bonds is 3. The first-order valence-corrected chi connectivity index (χ1v) is 6.84. The van der Waals surface area contributed by atoms with Gasteiger partial charge in [0.2, 0.25) is 5.95 Å². The summed E-state index contributed by atoms with van der Waals surface area (Å²) in [5.41, 5.74) is 6.45. The van der Waals surface area contributed by atoms with Crippen molar-refractivity contribution in [2.45, 2.75) is 0 Å². The van der Waals surface area contributed by atoms with E-state index in [1.807, 2.05) is 0 Å². The van der Waals surface area contributed by atoms with Crippen molar-refractivity contribution in [2.24, 2.45) is 0 Å². The van der Waals surface area contributed by atoms with E-state index in [1.165, 1.54) is 24.4 Å². The maximum atomic E-state index is 14.1.